The molecule has 0 aromatic carbocycles. The molecule has 2 aromatic heterocycles. The lowest BCUT2D eigenvalue weighted by atomic mass is 10.2. The topological polar surface area (TPSA) is 54.6 Å². The third-order valence-corrected chi connectivity index (χ3v) is 2.86. The molecule has 0 aliphatic carbocycles. The molecule has 0 saturated carbocycles. The van der Waals surface area contributed by atoms with Gasteiger partial charge < -0.3 is 5.11 Å². The van der Waals surface area contributed by atoms with Crippen LogP contribution in [0.3, 0.4) is 0 Å². The maximum absolute atomic E-state index is 10.6. The van der Waals surface area contributed by atoms with E-state index >= 15 is 0 Å². The number of aryl methyl sites for hydroxylation is 1. The molecular weight excluding hydrogens is 260 g/mol. The van der Waals surface area contributed by atoms with E-state index in [1.165, 1.54) is 0 Å². The molecule has 0 fully saturated rings. The highest BCUT2D eigenvalue weighted by Gasteiger charge is 2.12. The predicted molar refractivity (Wildman–Crippen MR) is 59.0 cm³/mol. The molecule has 5 heteroatoms. The minimum Gasteiger partial charge on any atom is -0.481 e. The largest absolute Gasteiger partial charge is 0.481 e. The normalized spacial score (nSPS) is 10.8. The van der Waals surface area contributed by atoms with Crippen LogP contribution in [0, 0.1) is 6.92 Å². The van der Waals surface area contributed by atoms with Gasteiger partial charge in [-0.25, -0.2) is 4.98 Å². The summed E-state index contributed by atoms with van der Waals surface area (Å²) in [5, 5.41) is 8.72. The van der Waals surface area contributed by atoms with Crippen LogP contribution in [0.25, 0.3) is 5.65 Å². The first-order chi connectivity index (χ1) is 7.09. The van der Waals surface area contributed by atoms with Crippen molar-refractivity contribution in [3.63, 3.8) is 0 Å². The maximum Gasteiger partial charge on any atom is 0.309 e. The Morgan fingerprint density at radius 2 is 2.33 bits per heavy atom. The fourth-order valence-corrected chi connectivity index (χ4v) is 2.15. The molecule has 0 aliphatic heterocycles. The lowest BCUT2D eigenvalue weighted by molar-refractivity contribution is -0.136. The molecule has 1 N–H and O–H groups in total. The van der Waals surface area contributed by atoms with Crippen molar-refractivity contribution in [3.05, 3.63) is 34.2 Å². The lowest BCUT2D eigenvalue weighted by Crippen LogP contribution is -2.02. The van der Waals surface area contributed by atoms with Crippen LogP contribution >= 0.6 is 15.9 Å². The van der Waals surface area contributed by atoms with Crippen molar-refractivity contribution in [2.24, 2.45) is 0 Å². The van der Waals surface area contributed by atoms with Crippen LogP contribution < -0.4 is 0 Å². The van der Waals surface area contributed by atoms with E-state index in [4.69, 9.17) is 5.11 Å². The van der Waals surface area contributed by atoms with E-state index < -0.39 is 5.97 Å². The van der Waals surface area contributed by atoms with Crippen molar-refractivity contribution in [1.82, 2.24) is 9.38 Å². The average Bonchev–Trinajstić information content (AvgIpc) is 2.44. The van der Waals surface area contributed by atoms with Gasteiger partial charge in [0, 0.05) is 5.69 Å². The second-order valence-electron chi connectivity index (χ2n) is 3.26. The number of imidazole rings is 1. The van der Waals surface area contributed by atoms with Crippen LogP contribution in [0.15, 0.2) is 22.8 Å². The quantitative estimate of drug-likeness (QED) is 0.849. The number of rotatable bonds is 2. The number of pyridine rings is 1. The van der Waals surface area contributed by atoms with Crippen molar-refractivity contribution in [2.75, 3.05) is 0 Å². The van der Waals surface area contributed by atoms with Gasteiger partial charge in [0.1, 0.15) is 5.65 Å². The highest BCUT2D eigenvalue weighted by molar-refractivity contribution is 9.10. The van der Waals surface area contributed by atoms with E-state index in [0.717, 1.165) is 15.9 Å². The third kappa shape index (κ3) is 1.74. The number of hydrogen-bond acceptors (Lipinski definition) is 2. The number of aromatic nitrogens is 2. The Labute approximate surface area is 94.7 Å². The molecule has 0 bridgehead atoms. The molecular formula is C10H9BrN2O2. The zero-order valence-corrected chi connectivity index (χ0v) is 9.65. The SMILES string of the molecule is Cc1c(CC(=O)O)nc2cccc(Br)n12. The van der Waals surface area contributed by atoms with Gasteiger partial charge in [-0.05, 0) is 35.0 Å². The maximum atomic E-state index is 10.6. The lowest BCUT2D eigenvalue weighted by Gasteiger charge is -1.99. The zero-order valence-electron chi connectivity index (χ0n) is 8.07. The number of carbonyl (C=O) groups is 1. The van der Waals surface area contributed by atoms with Crippen LogP contribution in [-0.2, 0) is 11.2 Å². The molecule has 0 amide bonds. The summed E-state index contributed by atoms with van der Waals surface area (Å²) in [6, 6.07) is 5.62. The molecule has 15 heavy (non-hydrogen) atoms. The molecule has 0 atom stereocenters. The summed E-state index contributed by atoms with van der Waals surface area (Å²) in [6.45, 7) is 1.86. The summed E-state index contributed by atoms with van der Waals surface area (Å²) in [7, 11) is 0. The number of hydrogen-bond donors (Lipinski definition) is 1. The number of nitrogens with zero attached hydrogens (tertiary/aromatic N) is 2. The van der Waals surface area contributed by atoms with Crippen molar-refractivity contribution in [1.29, 1.82) is 0 Å². The monoisotopic (exact) mass is 268 g/mol. The third-order valence-electron chi connectivity index (χ3n) is 2.24. The first kappa shape index (κ1) is 10.2. The summed E-state index contributed by atoms with van der Waals surface area (Å²) in [5.41, 5.74) is 2.23. The smallest absolute Gasteiger partial charge is 0.309 e. The van der Waals surface area contributed by atoms with Gasteiger partial charge in [0.15, 0.2) is 0 Å². The van der Waals surface area contributed by atoms with Gasteiger partial charge >= 0.3 is 5.97 Å². The van der Waals surface area contributed by atoms with Gasteiger partial charge in [0.2, 0.25) is 0 Å². The van der Waals surface area contributed by atoms with Gasteiger partial charge in [-0.1, -0.05) is 6.07 Å². The standard InChI is InChI=1S/C10H9BrN2O2/c1-6-7(5-10(14)15)12-9-4-2-3-8(11)13(6)9/h2-4H,5H2,1H3,(H,14,15). The van der Waals surface area contributed by atoms with E-state index in [-0.39, 0.29) is 6.42 Å². The first-order valence-electron chi connectivity index (χ1n) is 4.44. The van der Waals surface area contributed by atoms with Crippen LogP contribution in [0.4, 0.5) is 0 Å². The van der Waals surface area contributed by atoms with Gasteiger partial charge in [-0.3, -0.25) is 9.20 Å². The highest BCUT2D eigenvalue weighted by atomic mass is 79.9. The van der Waals surface area contributed by atoms with E-state index in [0.29, 0.717) is 5.69 Å². The van der Waals surface area contributed by atoms with Gasteiger partial charge in [-0.15, -0.1) is 0 Å². The van der Waals surface area contributed by atoms with E-state index in [2.05, 4.69) is 20.9 Å². The molecule has 0 radical (unpaired) electrons. The summed E-state index contributed by atoms with van der Waals surface area (Å²) in [6.07, 6.45) is -0.0417. The fourth-order valence-electron chi connectivity index (χ4n) is 1.55. The van der Waals surface area contributed by atoms with E-state index in [9.17, 15) is 4.79 Å². The number of aliphatic carboxylic acids is 1. The Bertz CT molecular complexity index is 533. The molecule has 0 saturated heterocycles. The zero-order chi connectivity index (χ0) is 11.0. The molecule has 2 aromatic rings. The van der Waals surface area contributed by atoms with Crippen molar-refractivity contribution in [2.45, 2.75) is 13.3 Å². The number of carboxylic acids is 1. The molecule has 4 nitrogen and oxygen atoms in total. The number of fused-ring (bicyclic) bond motifs is 1. The Hall–Kier alpha value is -1.36. The van der Waals surface area contributed by atoms with Crippen LogP contribution in [0.2, 0.25) is 0 Å². The highest BCUT2D eigenvalue weighted by Crippen LogP contribution is 2.18. The summed E-state index contributed by atoms with van der Waals surface area (Å²) < 4.78 is 2.76. The van der Waals surface area contributed by atoms with Gasteiger partial charge in [-0.2, -0.15) is 0 Å². The molecule has 2 heterocycles. The van der Waals surface area contributed by atoms with Crippen LogP contribution in [-0.4, -0.2) is 20.5 Å². The minimum atomic E-state index is -0.863. The van der Waals surface area contributed by atoms with E-state index in [1.54, 1.807) is 0 Å². The minimum absolute atomic E-state index is 0.0417. The predicted octanol–water partition coefficient (Wildman–Crippen LogP) is 2.03. The van der Waals surface area contributed by atoms with Gasteiger partial charge in [0.05, 0.1) is 16.7 Å². The molecule has 0 unspecified atom stereocenters. The van der Waals surface area contributed by atoms with Crippen LogP contribution in [0.1, 0.15) is 11.4 Å². The van der Waals surface area contributed by atoms with Crippen LogP contribution in [0.5, 0.6) is 0 Å². The Morgan fingerprint density at radius 3 is 2.93 bits per heavy atom. The first-order valence-corrected chi connectivity index (χ1v) is 5.23. The summed E-state index contributed by atoms with van der Waals surface area (Å²) >= 11 is 3.40. The molecule has 0 aliphatic rings. The average molecular weight is 269 g/mol. The Morgan fingerprint density at radius 1 is 1.60 bits per heavy atom. The summed E-state index contributed by atoms with van der Waals surface area (Å²) in [5.74, 6) is -0.863. The molecule has 0 spiro atoms. The second kappa shape index (κ2) is 3.66. The molecule has 78 valence electrons. The fraction of sp³-hybridized carbons (Fsp3) is 0.200. The van der Waals surface area contributed by atoms with Crippen molar-refractivity contribution < 1.29 is 9.90 Å². The Balaban J connectivity index is 2.64. The van der Waals surface area contributed by atoms with Crippen molar-refractivity contribution >= 4 is 27.5 Å². The second-order valence-corrected chi connectivity index (χ2v) is 4.07. The Kier molecular flexibility index (Phi) is 2.48. The number of halogens is 1. The van der Waals surface area contributed by atoms with Gasteiger partial charge in [0.25, 0.3) is 0 Å². The summed E-state index contributed by atoms with van der Waals surface area (Å²) in [4.78, 5) is 14.9. The number of carboxylic acid groups (broad SMARTS) is 1. The van der Waals surface area contributed by atoms with Crippen molar-refractivity contribution in [3.8, 4) is 0 Å². The van der Waals surface area contributed by atoms with E-state index in [1.807, 2.05) is 29.5 Å². The molecule has 2 rings (SSSR count).